The fourth-order valence-electron chi connectivity index (χ4n) is 3.31. The van der Waals surface area contributed by atoms with Gasteiger partial charge in [0.05, 0.1) is 15.7 Å². The first kappa shape index (κ1) is 16.6. The van der Waals surface area contributed by atoms with Gasteiger partial charge in [-0.3, -0.25) is 9.20 Å². The second-order valence-electron chi connectivity index (χ2n) is 6.26. The van der Waals surface area contributed by atoms with Crippen molar-refractivity contribution in [3.05, 3.63) is 33.7 Å². The van der Waals surface area contributed by atoms with Crippen molar-refractivity contribution in [3.63, 3.8) is 0 Å². The summed E-state index contributed by atoms with van der Waals surface area (Å²) in [6, 6.07) is 1.88. The van der Waals surface area contributed by atoms with E-state index in [1.54, 1.807) is 16.7 Å². The van der Waals surface area contributed by atoms with Gasteiger partial charge in [0.1, 0.15) is 5.69 Å². The summed E-state index contributed by atoms with van der Waals surface area (Å²) in [5, 5.41) is 4.11. The molecule has 4 nitrogen and oxygen atoms in total. The molecule has 0 spiro atoms. The van der Waals surface area contributed by atoms with E-state index >= 15 is 0 Å². The molecule has 0 aliphatic heterocycles. The van der Waals surface area contributed by atoms with Crippen molar-refractivity contribution in [2.24, 2.45) is 0 Å². The average molecular weight is 354 g/mol. The van der Waals surface area contributed by atoms with Crippen LogP contribution >= 0.6 is 23.2 Å². The van der Waals surface area contributed by atoms with Crippen LogP contribution in [0.3, 0.4) is 0 Å². The molecule has 2 aromatic rings. The number of halogens is 2. The molecule has 0 radical (unpaired) electrons. The van der Waals surface area contributed by atoms with Crippen molar-refractivity contribution in [1.29, 1.82) is 0 Å². The van der Waals surface area contributed by atoms with Crippen molar-refractivity contribution in [2.75, 3.05) is 0 Å². The molecule has 6 heteroatoms. The number of carbonyl (C=O) groups is 1. The fourth-order valence-corrected chi connectivity index (χ4v) is 3.83. The summed E-state index contributed by atoms with van der Waals surface area (Å²) in [4.78, 5) is 17.2. The van der Waals surface area contributed by atoms with Gasteiger partial charge in [0.15, 0.2) is 5.65 Å². The summed E-state index contributed by atoms with van der Waals surface area (Å²) in [6.45, 7) is 1.82. The third-order valence-corrected chi connectivity index (χ3v) is 4.96. The number of hydrogen-bond acceptors (Lipinski definition) is 2. The van der Waals surface area contributed by atoms with Crippen LogP contribution in [0, 0.1) is 6.92 Å². The molecule has 1 aliphatic rings. The van der Waals surface area contributed by atoms with Crippen molar-refractivity contribution < 1.29 is 4.79 Å². The van der Waals surface area contributed by atoms with E-state index in [0.717, 1.165) is 12.8 Å². The van der Waals surface area contributed by atoms with Gasteiger partial charge in [0.2, 0.25) is 0 Å². The second-order valence-corrected chi connectivity index (χ2v) is 7.10. The van der Waals surface area contributed by atoms with Gasteiger partial charge in [0, 0.05) is 12.2 Å². The van der Waals surface area contributed by atoms with E-state index in [9.17, 15) is 4.79 Å². The number of pyridine rings is 1. The van der Waals surface area contributed by atoms with Gasteiger partial charge in [0.25, 0.3) is 5.91 Å². The largest absolute Gasteiger partial charge is 0.348 e. The Morgan fingerprint density at radius 2 is 1.87 bits per heavy atom. The molecule has 3 rings (SSSR count). The van der Waals surface area contributed by atoms with E-state index in [4.69, 9.17) is 23.2 Å². The smallest absolute Gasteiger partial charge is 0.270 e. The molecular formula is C17H21Cl2N3O. The van der Waals surface area contributed by atoms with Gasteiger partial charge in [-0.05, 0) is 25.8 Å². The van der Waals surface area contributed by atoms with Crippen LogP contribution in [0.15, 0.2) is 12.3 Å². The summed E-state index contributed by atoms with van der Waals surface area (Å²) in [7, 11) is 0. The lowest BCUT2D eigenvalue weighted by molar-refractivity contribution is 0.0924. The van der Waals surface area contributed by atoms with Crippen LogP contribution in [0.2, 0.25) is 10.0 Å². The Morgan fingerprint density at radius 1 is 1.22 bits per heavy atom. The molecule has 1 N–H and O–H groups in total. The third kappa shape index (κ3) is 3.64. The second kappa shape index (κ2) is 7.10. The zero-order chi connectivity index (χ0) is 16.4. The average Bonchev–Trinajstić information content (AvgIpc) is 2.78. The van der Waals surface area contributed by atoms with E-state index in [0.29, 0.717) is 27.1 Å². The molecular weight excluding hydrogens is 333 g/mol. The number of aromatic nitrogens is 2. The monoisotopic (exact) mass is 353 g/mol. The summed E-state index contributed by atoms with van der Waals surface area (Å²) < 4.78 is 1.69. The van der Waals surface area contributed by atoms with Crippen LogP contribution in [0.1, 0.15) is 61.1 Å². The number of nitrogens with one attached hydrogen (secondary N) is 1. The molecule has 1 saturated carbocycles. The third-order valence-electron chi connectivity index (χ3n) is 4.47. The zero-order valence-corrected chi connectivity index (χ0v) is 14.8. The molecule has 0 bridgehead atoms. The highest BCUT2D eigenvalue weighted by molar-refractivity contribution is 6.36. The highest BCUT2D eigenvalue weighted by Crippen LogP contribution is 2.25. The highest BCUT2D eigenvalue weighted by Gasteiger charge is 2.21. The molecule has 124 valence electrons. The molecule has 2 aromatic heterocycles. The van der Waals surface area contributed by atoms with Gasteiger partial charge < -0.3 is 5.32 Å². The Bertz CT molecular complexity index is 718. The predicted octanol–water partition coefficient (Wildman–Crippen LogP) is 4.79. The SMILES string of the molecule is Cc1nc2c(Cl)cc(Cl)cn2c1C(=O)NC1CCCCCCC1. The minimum Gasteiger partial charge on any atom is -0.348 e. The molecule has 2 heterocycles. The zero-order valence-electron chi connectivity index (χ0n) is 13.2. The number of amides is 1. The molecule has 0 saturated heterocycles. The summed E-state index contributed by atoms with van der Waals surface area (Å²) in [6.07, 6.45) is 9.95. The first-order valence-corrected chi connectivity index (χ1v) is 8.96. The maximum atomic E-state index is 12.8. The number of carbonyl (C=O) groups excluding carboxylic acids is 1. The molecule has 1 aliphatic carbocycles. The predicted molar refractivity (Wildman–Crippen MR) is 93.5 cm³/mol. The normalized spacial score (nSPS) is 17.0. The van der Waals surface area contributed by atoms with Crippen LogP contribution in [0.25, 0.3) is 5.65 Å². The van der Waals surface area contributed by atoms with Crippen molar-refractivity contribution in [1.82, 2.24) is 14.7 Å². The van der Waals surface area contributed by atoms with Gasteiger partial charge >= 0.3 is 0 Å². The molecule has 1 fully saturated rings. The van der Waals surface area contributed by atoms with Crippen molar-refractivity contribution in [2.45, 2.75) is 57.9 Å². The minimum atomic E-state index is -0.0982. The fraction of sp³-hybridized carbons (Fsp3) is 0.529. The molecule has 0 atom stereocenters. The highest BCUT2D eigenvalue weighted by atomic mass is 35.5. The van der Waals surface area contributed by atoms with E-state index in [1.165, 1.54) is 32.1 Å². The van der Waals surface area contributed by atoms with Crippen LogP contribution in [0.4, 0.5) is 0 Å². The van der Waals surface area contributed by atoms with E-state index in [2.05, 4.69) is 10.3 Å². The van der Waals surface area contributed by atoms with Crippen molar-refractivity contribution in [3.8, 4) is 0 Å². The summed E-state index contributed by atoms with van der Waals surface area (Å²) >= 11 is 12.3. The Balaban J connectivity index is 1.87. The number of fused-ring (bicyclic) bond motifs is 1. The first-order valence-electron chi connectivity index (χ1n) is 8.21. The Hall–Kier alpha value is -1.26. The summed E-state index contributed by atoms with van der Waals surface area (Å²) in [5.41, 5.74) is 1.75. The maximum absolute atomic E-state index is 12.8. The van der Waals surface area contributed by atoms with Crippen LogP contribution < -0.4 is 5.32 Å². The van der Waals surface area contributed by atoms with Crippen molar-refractivity contribution >= 4 is 34.8 Å². The molecule has 23 heavy (non-hydrogen) atoms. The van der Waals surface area contributed by atoms with E-state index in [1.807, 2.05) is 6.92 Å². The molecule has 1 amide bonds. The number of rotatable bonds is 2. The number of nitrogens with zero attached hydrogens (tertiary/aromatic N) is 2. The minimum absolute atomic E-state index is 0.0982. The van der Waals surface area contributed by atoms with Gasteiger partial charge in [-0.2, -0.15) is 0 Å². The van der Waals surface area contributed by atoms with Gasteiger partial charge in [-0.1, -0.05) is 55.3 Å². The lowest BCUT2D eigenvalue weighted by Crippen LogP contribution is -2.36. The maximum Gasteiger partial charge on any atom is 0.270 e. The van der Waals surface area contributed by atoms with Gasteiger partial charge in [-0.25, -0.2) is 4.98 Å². The van der Waals surface area contributed by atoms with E-state index < -0.39 is 0 Å². The standard InChI is InChI=1S/C17H21Cl2N3O/c1-11-15(22-10-12(18)9-14(19)16(22)20-11)17(23)21-13-7-5-3-2-4-6-8-13/h9-10,13H,2-8H2,1H3,(H,21,23). The van der Waals surface area contributed by atoms with E-state index in [-0.39, 0.29) is 11.9 Å². The Labute approximate surface area is 146 Å². The number of hydrogen-bond donors (Lipinski definition) is 1. The number of imidazole rings is 1. The molecule has 0 unspecified atom stereocenters. The Kier molecular flexibility index (Phi) is 5.12. The van der Waals surface area contributed by atoms with Crippen LogP contribution in [-0.2, 0) is 0 Å². The first-order chi connectivity index (χ1) is 11.1. The lowest BCUT2D eigenvalue weighted by Gasteiger charge is -2.21. The quantitative estimate of drug-likeness (QED) is 0.843. The Morgan fingerprint density at radius 3 is 2.57 bits per heavy atom. The topological polar surface area (TPSA) is 46.4 Å². The lowest BCUT2D eigenvalue weighted by atomic mass is 9.96. The summed E-state index contributed by atoms with van der Waals surface area (Å²) in [5.74, 6) is -0.0982. The molecule has 0 aromatic carbocycles. The number of aryl methyl sites for hydroxylation is 1. The van der Waals surface area contributed by atoms with Crippen LogP contribution in [0.5, 0.6) is 0 Å². The van der Waals surface area contributed by atoms with Crippen LogP contribution in [-0.4, -0.2) is 21.3 Å². The van der Waals surface area contributed by atoms with Gasteiger partial charge in [-0.15, -0.1) is 0 Å².